The molecule has 3 rings (SSSR count). The fraction of sp³-hybridized carbons (Fsp3) is 0.727. The summed E-state index contributed by atoms with van der Waals surface area (Å²) in [5.74, 6) is -0.430. The number of carbonyl (C=O) groups is 2. The Bertz CT molecular complexity index is 643. The lowest BCUT2D eigenvalue weighted by Gasteiger charge is -2.30. The van der Waals surface area contributed by atoms with Gasteiger partial charge in [0, 0.05) is 17.0 Å². The van der Waals surface area contributed by atoms with Crippen LogP contribution in [0.3, 0.4) is 0 Å². The van der Waals surface area contributed by atoms with E-state index >= 15 is 0 Å². The molecule has 1 aliphatic heterocycles. The van der Waals surface area contributed by atoms with E-state index < -0.39 is 12.1 Å². The van der Waals surface area contributed by atoms with Crippen LogP contribution in [0.15, 0.2) is 24.9 Å². The predicted molar refractivity (Wildman–Crippen MR) is 117 cm³/mol. The van der Waals surface area contributed by atoms with Crippen molar-refractivity contribution in [3.63, 3.8) is 0 Å². The maximum absolute atomic E-state index is 13.0. The summed E-state index contributed by atoms with van der Waals surface area (Å²) in [6.07, 6.45) is 9.02. The van der Waals surface area contributed by atoms with Crippen LogP contribution in [0.4, 0.5) is 0 Å². The fourth-order valence-corrected chi connectivity index (χ4v) is 5.03. The van der Waals surface area contributed by atoms with Gasteiger partial charge in [0.25, 0.3) is 5.91 Å². The Morgan fingerprint density at radius 2 is 1.97 bits per heavy atom. The maximum atomic E-state index is 13.0. The Hall–Kier alpha value is -1.47. The molecule has 0 radical (unpaired) electrons. The summed E-state index contributed by atoms with van der Waals surface area (Å²) in [6, 6.07) is -0.792. The van der Waals surface area contributed by atoms with Crippen LogP contribution in [0.1, 0.15) is 64.7 Å². The highest BCUT2D eigenvalue weighted by Crippen LogP contribution is 2.46. The van der Waals surface area contributed by atoms with Gasteiger partial charge < -0.3 is 20.0 Å². The van der Waals surface area contributed by atoms with Crippen molar-refractivity contribution in [1.82, 2.24) is 14.9 Å². The van der Waals surface area contributed by atoms with Crippen LogP contribution in [0, 0.1) is 5.92 Å². The van der Waals surface area contributed by atoms with Crippen LogP contribution >= 0.6 is 11.9 Å². The van der Waals surface area contributed by atoms with Gasteiger partial charge in [0.05, 0.1) is 6.04 Å². The highest BCUT2D eigenvalue weighted by atomic mass is 32.2. The number of amides is 2. The SMILES string of the molecule is C=CCC(NC(=O)C1CCCN1C(=O)[C@@H](O)C1CCCC1)C(=C)NSC1(C)CC1. The molecular weight excluding hydrogens is 386 g/mol. The van der Waals surface area contributed by atoms with Gasteiger partial charge in [-0.15, -0.1) is 6.58 Å². The molecule has 0 spiro atoms. The van der Waals surface area contributed by atoms with E-state index in [1.54, 1.807) is 22.9 Å². The molecule has 0 aromatic rings. The average molecular weight is 422 g/mol. The monoisotopic (exact) mass is 421 g/mol. The van der Waals surface area contributed by atoms with Crippen molar-refractivity contribution in [3.8, 4) is 0 Å². The molecule has 162 valence electrons. The standard InChI is InChI=1S/C22H35N3O3S/c1-4-8-17(15(2)24-29-22(3)12-13-22)23-20(27)18-11-7-14-25(18)21(28)19(26)16-9-5-6-10-16/h4,16-19,24,26H,1-2,5-14H2,3H3,(H,23,27)/t17?,18?,19-/m0/s1. The molecule has 7 heteroatoms. The van der Waals surface area contributed by atoms with Crippen LogP contribution in [0.5, 0.6) is 0 Å². The summed E-state index contributed by atoms with van der Waals surface area (Å²) < 4.78 is 3.56. The Morgan fingerprint density at radius 3 is 2.59 bits per heavy atom. The molecule has 3 N–H and O–H groups in total. The van der Waals surface area contributed by atoms with Gasteiger partial charge in [-0.2, -0.15) is 0 Å². The zero-order chi connectivity index (χ0) is 21.0. The van der Waals surface area contributed by atoms with Crippen LogP contribution in [0.2, 0.25) is 0 Å². The molecule has 1 saturated heterocycles. The minimum atomic E-state index is -0.984. The fourth-order valence-electron chi connectivity index (χ4n) is 4.21. The molecule has 3 aliphatic rings. The number of hydrogen-bond acceptors (Lipinski definition) is 5. The lowest BCUT2D eigenvalue weighted by molar-refractivity contribution is -0.147. The van der Waals surface area contributed by atoms with Gasteiger partial charge in [0.2, 0.25) is 5.91 Å². The molecule has 3 fully saturated rings. The molecule has 6 nitrogen and oxygen atoms in total. The van der Waals surface area contributed by atoms with Crippen LogP contribution in [-0.2, 0) is 9.59 Å². The molecule has 3 atom stereocenters. The molecule has 1 heterocycles. The first-order valence-electron chi connectivity index (χ1n) is 10.9. The van der Waals surface area contributed by atoms with Crippen molar-refractivity contribution < 1.29 is 14.7 Å². The van der Waals surface area contributed by atoms with Crippen molar-refractivity contribution >= 4 is 23.8 Å². The van der Waals surface area contributed by atoms with Gasteiger partial charge >= 0.3 is 0 Å². The Kier molecular flexibility index (Phi) is 7.32. The first-order valence-corrected chi connectivity index (χ1v) is 11.7. The minimum absolute atomic E-state index is 0.0325. The number of nitrogens with zero attached hydrogens (tertiary/aromatic N) is 1. The van der Waals surface area contributed by atoms with E-state index in [1.165, 1.54) is 12.8 Å². The average Bonchev–Trinajstić information content (AvgIpc) is 3.14. The summed E-state index contributed by atoms with van der Waals surface area (Å²) >= 11 is 1.66. The molecule has 0 bridgehead atoms. The van der Waals surface area contributed by atoms with Crippen molar-refractivity contribution in [2.24, 2.45) is 5.92 Å². The number of nitrogens with one attached hydrogen (secondary N) is 2. The second kappa shape index (κ2) is 9.56. The van der Waals surface area contributed by atoms with E-state index in [1.807, 2.05) is 0 Å². The highest BCUT2D eigenvalue weighted by molar-refractivity contribution is 7.99. The molecule has 2 aliphatic carbocycles. The number of aliphatic hydroxyl groups is 1. The first-order chi connectivity index (χ1) is 13.8. The molecule has 0 aromatic heterocycles. The normalized spacial score (nSPS) is 25.3. The number of likely N-dealkylation sites (tertiary alicyclic amines) is 1. The van der Waals surface area contributed by atoms with Crippen LogP contribution in [-0.4, -0.2) is 51.3 Å². The molecule has 2 unspecified atom stereocenters. The third-order valence-corrected chi connectivity index (χ3v) is 7.73. The predicted octanol–water partition coefficient (Wildman–Crippen LogP) is 2.89. The topological polar surface area (TPSA) is 81.7 Å². The van der Waals surface area contributed by atoms with E-state index in [0.717, 1.165) is 37.8 Å². The van der Waals surface area contributed by atoms with Crippen LogP contribution in [0.25, 0.3) is 0 Å². The smallest absolute Gasteiger partial charge is 0.252 e. The lowest BCUT2D eigenvalue weighted by Crippen LogP contribution is -2.52. The van der Waals surface area contributed by atoms with E-state index in [0.29, 0.717) is 19.4 Å². The van der Waals surface area contributed by atoms with Crippen molar-refractivity contribution in [2.75, 3.05) is 6.54 Å². The molecule has 29 heavy (non-hydrogen) atoms. The largest absolute Gasteiger partial charge is 0.383 e. The van der Waals surface area contributed by atoms with Gasteiger partial charge in [-0.1, -0.05) is 25.5 Å². The van der Waals surface area contributed by atoms with Gasteiger partial charge in [-0.3, -0.25) is 9.59 Å². The summed E-state index contributed by atoms with van der Waals surface area (Å²) in [5.41, 5.74) is 0.748. The summed E-state index contributed by atoms with van der Waals surface area (Å²) in [6.45, 7) is 10.6. The van der Waals surface area contributed by atoms with Gasteiger partial charge in [-0.05, 0) is 69.7 Å². The van der Waals surface area contributed by atoms with Crippen molar-refractivity contribution in [3.05, 3.63) is 24.9 Å². The number of aliphatic hydroxyl groups excluding tert-OH is 1. The van der Waals surface area contributed by atoms with E-state index in [4.69, 9.17) is 0 Å². The van der Waals surface area contributed by atoms with Gasteiger partial charge in [-0.25, -0.2) is 0 Å². The zero-order valence-electron chi connectivity index (χ0n) is 17.5. The highest BCUT2D eigenvalue weighted by Gasteiger charge is 2.41. The molecule has 2 amide bonds. The summed E-state index contributed by atoms with van der Waals surface area (Å²) in [7, 11) is 0. The maximum Gasteiger partial charge on any atom is 0.252 e. The molecule has 0 aromatic carbocycles. The van der Waals surface area contributed by atoms with Crippen LogP contribution < -0.4 is 10.0 Å². The minimum Gasteiger partial charge on any atom is -0.383 e. The quantitative estimate of drug-likeness (QED) is 0.373. The summed E-state index contributed by atoms with van der Waals surface area (Å²) in [5, 5.41) is 13.6. The second-order valence-corrected chi connectivity index (χ2v) is 10.3. The second-order valence-electron chi connectivity index (χ2n) is 8.94. The Morgan fingerprint density at radius 1 is 1.28 bits per heavy atom. The number of carbonyl (C=O) groups excluding carboxylic acids is 2. The molecule has 2 saturated carbocycles. The Balaban J connectivity index is 1.58. The van der Waals surface area contributed by atoms with E-state index in [2.05, 4.69) is 30.1 Å². The van der Waals surface area contributed by atoms with E-state index in [-0.39, 0.29) is 28.5 Å². The first kappa shape index (κ1) is 22.2. The summed E-state index contributed by atoms with van der Waals surface area (Å²) in [4.78, 5) is 27.5. The third-order valence-electron chi connectivity index (χ3n) is 6.46. The van der Waals surface area contributed by atoms with Crippen molar-refractivity contribution in [1.29, 1.82) is 0 Å². The lowest BCUT2D eigenvalue weighted by atomic mass is 9.99. The Labute approximate surface area is 178 Å². The number of hydrogen-bond donors (Lipinski definition) is 3. The van der Waals surface area contributed by atoms with Gasteiger partial charge in [0.15, 0.2) is 0 Å². The zero-order valence-corrected chi connectivity index (χ0v) is 18.3. The van der Waals surface area contributed by atoms with Crippen molar-refractivity contribution in [2.45, 2.75) is 87.6 Å². The number of rotatable bonds is 10. The van der Waals surface area contributed by atoms with E-state index in [9.17, 15) is 14.7 Å². The molecular formula is C22H35N3O3S. The third kappa shape index (κ3) is 5.57. The van der Waals surface area contributed by atoms with Gasteiger partial charge in [0.1, 0.15) is 12.1 Å².